The van der Waals surface area contributed by atoms with E-state index >= 15 is 0 Å². The van der Waals surface area contributed by atoms with Gasteiger partial charge >= 0.3 is 0 Å². The standard InChI is InChI=1S/C26H31N3O5S2/c1-3-12-28-21-16-22-23(34-15-14-33-22)17-24(21)35-26(28)27-25(30)18-8-10-20(11-9-18)36(31,32)29-13-6-5-7-19(29)4-2/h8-11,16-17,19H,3-7,12-15H2,1-2H3. The Hall–Kier alpha value is -2.69. The van der Waals surface area contributed by atoms with Crippen LogP contribution in [0.1, 0.15) is 56.3 Å². The lowest BCUT2D eigenvalue weighted by Gasteiger charge is -2.34. The minimum atomic E-state index is -3.60. The second kappa shape index (κ2) is 10.4. The van der Waals surface area contributed by atoms with Crippen LogP contribution in [0, 0.1) is 0 Å². The van der Waals surface area contributed by atoms with E-state index in [0.717, 1.165) is 42.3 Å². The molecule has 36 heavy (non-hydrogen) atoms. The summed E-state index contributed by atoms with van der Waals surface area (Å²) < 4.78 is 42.6. The first-order valence-corrected chi connectivity index (χ1v) is 14.8. The quantitative estimate of drug-likeness (QED) is 0.466. The largest absolute Gasteiger partial charge is 0.486 e. The highest BCUT2D eigenvalue weighted by Gasteiger charge is 2.32. The predicted octanol–water partition coefficient (Wildman–Crippen LogP) is 4.58. The number of aromatic nitrogens is 1. The van der Waals surface area contributed by atoms with Gasteiger partial charge in [-0.3, -0.25) is 4.79 Å². The molecular weight excluding hydrogens is 498 g/mol. The highest BCUT2D eigenvalue weighted by molar-refractivity contribution is 7.89. The van der Waals surface area contributed by atoms with Gasteiger partial charge in [0.2, 0.25) is 10.0 Å². The van der Waals surface area contributed by atoms with Gasteiger partial charge in [0.05, 0.1) is 15.1 Å². The van der Waals surface area contributed by atoms with Crippen molar-refractivity contribution in [3.63, 3.8) is 0 Å². The first kappa shape index (κ1) is 25.0. The summed E-state index contributed by atoms with van der Waals surface area (Å²) in [4.78, 5) is 18.3. The van der Waals surface area contributed by atoms with Crippen LogP contribution in [0.15, 0.2) is 46.3 Å². The molecule has 0 N–H and O–H groups in total. The highest BCUT2D eigenvalue weighted by atomic mass is 32.2. The van der Waals surface area contributed by atoms with Crippen LogP contribution in [0.25, 0.3) is 10.2 Å². The van der Waals surface area contributed by atoms with Crippen LogP contribution in [-0.4, -0.2) is 49.0 Å². The van der Waals surface area contributed by atoms with E-state index in [1.165, 1.54) is 23.5 Å². The number of carbonyl (C=O) groups is 1. The molecule has 5 rings (SSSR count). The summed E-state index contributed by atoms with van der Waals surface area (Å²) >= 11 is 1.43. The van der Waals surface area contributed by atoms with Gasteiger partial charge in [-0.15, -0.1) is 0 Å². The molecule has 1 unspecified atom stereocenters. The minimum Gasteiger partial charge on any atom is -0.486 e. The van der Waals surface area contributed by atoms with Gasteiger partial charge in [0.15, 0.2) is 16.3 Å². The van der Waals surface area contributed by atoms with Crippen molar-refractivity contribution >= 4 is 37.5 Å². The fourth-order valence-corrected chi connectivity index (χ4v) is 7.72. The zero-order valence-electron chi connectivity index (χ0n) is 20.6. The zero-order valence-corrected chi connectivity index (χ0v) is 22.2. The number of thiazole rings is 1. The number of piperidine rings is 1. The monoisotopic (exact) mass is 529 g/mol. The molecule has 1 amide bonds. The number of hydrogen-bond donors (Lipinski definition) is 0. The van der Waals surface area contributed by atoms with Crippen molar-refractivity contribution in [3.05, 3.63) is 46.8 Å². The van der Waals surface area contributed by atoms with E-state index in [0.29, 0.717) is 48.2 Å². The molecule has 2 aromatic carbocycles. The molecule has 8 nitrogen and oxygen atoms in total. The molecule has 1 aromatic heterocycles. The normalized spacial score (nSPS) is 19.1. The third-order valence-corrected chi connectivity index (χ3v) is 9.75. The Morgan fingerprint density at radius 2 is 1.81 bits per heavy atom. The Morgan fingerprint density at radius 3 is 2.50 bits per heavy atom. The molecular formula is C26H31N3O5S2. The SMILES string of the molecule is CCCn1c(=NC(=O)c2ccc(S(=O)(=O)N3CCCCC3CC)cc2)sc2cc3c(cc21)OCCO3. The number of carbonyl (C=O) groups excluding carboxylic acids is 1. The number of nitrogens with zero attached hydrogens (tertiary/aromatic N) is 3. The lowest BCUT2D eigenvalue weighted by Crippen LogP contribution is -2.43. The van der Waals surface area contributed by atoms with E-state index in [9.17, 15) is 13.2 Å². The van der Waals surface area contributed by atoms with Crippen molar-refractivity contribution in [1.82, 2.24) is 8.87 Å². The summed E-state index contributed by atoms with van der Waals surface area (Å²) in [5.74, 6) is 0.995. The Bertz CT molecular complexity index is 1440. The van der Waals surface area contributed by atoms with E-state index in [1.807, 2.05) is 23.6 Å². The Labute approximate surface area is 215 Å². The van der Waals surface area contributed by atoms with E-state index in [-0.39, 0.29) is 10.9 Å². The molecule has 2 aliphatic heterocycles. The smallest absolute Gasteiger partial charge is 0.279 e. The van der Waals surface area contributed by atoms with Crippen LogP contribution in [-0.2, 0) is 16.6 Å². The minimum absolute atomic E-state index is 0.0310. The topological polar surface area (TPSA) is 90.2 Å². The summed E-state index contributed by atoms with van der Waals surface area (Å²) in [6, 6.07) is 10.1. The molecule has 0 spiro atoms. The molecule has 2 aliphatic rings. The van der Waals surface area contributed by atoms with Crippen molar-refractivity contribution in [2.45, 2.75) is 63.4 Å². The summed E-state index contributed by atoms with van der Waals surface area (Å²) in [7, 11) is -3.60. The second-order valence-electron chi connectivity index (χ2n) is 9.11. The van der Waals surface area contributed by atoms with Crippen LogP contribution in [0.5, 0.6) is 11.5 Å². The number of aryl methyl sites for hydroxylation is 1. The van der Waals surface area contributed by atoms with E-state index in [1.54, 1.807) is 16.4 Å². The molecule has 1 fully saturated rings. The lowest BCUT2D eigenvalue weighted by molar-refractivity contribution is 0.0997. The summed E-state index contributed by atoms with van der Waals surface area (Å²) in [5, 5.41) is 0. The molecule has 3 aromatic rings. The van der Waals surface area contributed by atoms with E-state index in [4.69, 9.17) is 9.47 Å². The maximum Gasteiger partial charge on any atom is 0.279 e. The summed E-state index contributed by atoms with van der Waals surface area (Å²) in [5.41, 5.74) is 1.30. The predicted molar refractivity (Wildman–Crippen MR) is 139 cm³/mol. The van der Waals surface area contributed by atoms with Crippen molar-refractivity contribution in [2.75, 3.05) is 19.8 Å². The number of rotatable bonds is 6. The Balaban J connectivity index is 1.46. The van der Waals surface area contributed by atoms with Crippen LogP contribution in [0.4, 0.5) is 0 Å². The van der Waals surface area contributed by atoms with Gasteiger partial charge in [-0.25, -0.2) is 8.42 Å². The van der Waals surface area contributed by atoms with Gasteiger partial charge in [0.25, 0.3) is 5.91 Å². The molecule has 1 saturated heterocycles. The molecule has 0 radical (unpaired) electrons. The first-order valence-electron chi connectivity index (χ1n) is 12.6. The third-order valence-electron chi connectivity index (χ3n) is 6.74. The number of hydrogen-bond acceptors (Lipinski definition) is 6. The van der Waals surface area contributed by atoms with Crippen molar-refractivity contribution in [2.24, 2.45) is 4.99 Å². The number of benzene rings is 2. The summed E-state index contributed by atoms with van der Waals surface area (Å²) in [6.45, 7) is 6.36. The van der Waals surface area contributed by atoms with Crippen molar-refractivity contribution in [1.29, 1.82) is 0 Å². The molecule has 10 heteroatoms. The van der Waals surface area contributed by atoms with Gasteiger partial charge < -0.3 is 14.0 Å². The Kier molecular flexibility index (Phi) is 7.18. The van der Waals surface area contributed by atoms with Crippen molar-refractivity contribution in [3.8, 4) is 11.5 Å². The maximum atomic E-state index is 13.2. The van der Waals surface area contributed by atoms with Crippen LogP contribution >= 0.6 is 11.3 Å². The molecule has 192 valence electrons. The number of sulfonamides is 1. The van der Waals surface area contributed by atoms with Crippen molar-refractivity contribution < 1.29 is 22.7 Å². The van der Waals surface area contributed by atoms with Crippen LogP contribution < -0.4 is 14.3 Å². The average Bonchev–Trinajstić information content (AvgIpc) is 3.23. The van der Waals surface area contributed by atoms with Gasteiger partial charge in [0, 0.05) is 36.8 Å². The van der Waals surface area contributed by atoms with Crippen LogP contribution in [0.2, 0.25) is 0 Å². The van der Waals surface area contributed by atoms with Gasteiger partial charge in [-0.05, 0) is 49.9 Å². The first-order chi connectivity index (χ1) is 17.4. The summed E-state index contributed by atoms with van der Waals surface area (Å²) in [6.07, 6.45) is 4.49. The Morgan fingerprint density at radius 1 is 1.08 bits per heavy atom. The zero-order chi connectivity index (χ0) is 25.3. The number of ether oxygens (including phenoxy) is 2. The fraction of sp³-hybridized carbons (Fsp3) is 0.462. The molecule has 0 aliphatic carbocycles. The second-order valence-corrected chi connectivity index (χ2v) is 12.0. The molecule has 3 heterocycles. The van der Waals surface area contributed by atoms with Gasteiger partial charge in [-0.1, -0.05) is 31.6 Å². The highest BCUT2D eigenvalue weighted by Crippen LogP contribution is 2.35. The van der Waals surface area contributed by atoms with Gasteiger partial charge in [-0.2, -0.15) is 9.30 Å². The van der Waals surface area contributed by atoms with E-state index < -0.39 is 15.9 Å². The molecule has 0 bridgehead atoms. The fourth-order valence-electron chi connectivity index (χ4n) is 4.89. The van der Waals surface area contributed by atoms with Gasteiger partial charge in [0.1, 0.15) is 13.2 Å². The number of amides is 1. The molecule has 0 saturated carbocycles. The van der Waals surface area contributed by atoms with Crippen LogP contribution in [0.3, 0.4) is 0 Å². The average molecular weight is 530 g/mol. The lowest BCUT2D eigenvalue weighted by atomic mass is 10.0. The van der Waals surface area contributed by atoms with E-state index in [2.05, 4.69) is 11.9 Å². The number of fused-ring (bicyclic) bond motifs is 2. The third kappa shape index (κ3) is 4.69. The maximum absolute atomic E-state index is 13.2. The molecule has 1 atom stereocenters.